The van der Waals surface area contributed by atoms with Crippen molar-refractivity contribution in [1.29, 1.82) is 0 Å². The smallest absolute Gasteiger partial charge is 0.217 e. The number of aryl methyl sites for hydroxylation is 1. The predicted molar refractivity (Wildman–Crippen MR) is 77.3 cm³/mol. The van der Waals surface area contributed by atoms with Crippen LogP contribution in [-0.2, 0) is 11.2 Å². The Morgan fingerprint density at radius 3 is 2.74 bits per heavy atom. The van der Waals surface area contributed by atoms with Crippen LogP contribution in [0.15, 0.2) is 0 Å². The van der Waals surface area contributed by atoms with Crippen LogP contribution < -0.4 is 11.1 Å². The largest absolute Gasteiger partial charge is 0.370 e. The maximum absolute atomic E-state index is 10.6. The van der Waals surface area contributed by atoms with Gasteiger partial charge < -0.3 is 11.1 Å². The zero-order valence-corrected chi connectivity index (χ0v) is 12.3. The monoisotopic (exact) mass is 284 g/mol. The highest BCUT2D eigenvalue weighted by Gasteiger charge is 2.08. The van der Waals surface area contributed by atoms with Gasteiger partial charge in [0.2, 0.25) is 5.91 Å². The van der Waals surface area contributed by atoms with Gasteiger partial charge in [0.15, 0.2) is 0 Å². The van der Waals surface area contributed by atoms with Crippen LogP contribution in [0.1, 0.15) is 44.0 Å². The van der Waals surface area contributed by atoms with E-state index in [0.29, 0.717) is 11.6 Å². The second kappa shape index (κ2) is 7.94. The summed E-state index contributed by atoms with van der Waals surface area (Å²) in [5, 5.41) is 3.74. The molecule has 0 unspecified atom stereocenters. The first-order valence-electron chi connectivity index (χ1n) is 6.59. The Morgan fingerprint density at radius 2 is 2.11 bits per heavy atom. The van der Waals surface area contributed by atoms with Crippen LogP contribution in [0.4, 0.5) is 5.82 Å². The molecule has 0 aliphatic heterocycles. The molecule has 0 bridgehead atoms. The molecule has 1 heterocycles. The first kappa shape index (κ1) is 15.7. The summed E-state index contributed by atoms with van der Waals surface area (Å²) >= 11 is 6.08. The number of halogens is 1. The molecule has 5 nitrogen and oxygen atoms in total. The van der Waals surface area contributed by atoms with Crippen LogP contribution in [-0.4, -0.2) is 22.4 Å². The van der Waals surface area contributed by atoms with E-state index in [4.69, 9.17) is 17.3 Å². The Morgan fingerprint density at radius 1 is 1.37 bits per heavy atom. The third kappa shape index (κ3) is 5.42. The van der Waals surface area contributed by atoms with E-state index in [-0.39, 0.29) is 5.91 Å². The lowest BCUT2D eigenvalue weighted by molar-refractivity contribution is -0.118. The molecular formula is C13H21ClN4O. The number of hydrogen-bond donors (Lipinski definition) is 2. The molecule has 0 atom stereocenters. The molecule has 0 aromatic carbocycles. The summed E-state index contributed by atoms with van der Waals surface area (Å²) in [5.74, 6) is 1.28. The molecule has 1 aromatic heterocycles. The minimum Gasteiger partial charge on any atom is -0.370 e. The van der Waals surface area contributed by atoms with Crippen molar-refractivity contribution in [2.75, 3.05) is 11.9 Å². The number of unbranched alkanes of at least 4 members (excludes halogenated alkanes) is 1. The molecule has 1 aromatic rings. The van der Waals surface area contributed by atoms with Crippen molar-refractivity contribution in [2.45, 2.75) is 46.0 Å². The Bertz CT molecular complexity index is 437. The summed E-state index contributed by atoms with van der Waals surface area (Å²) in [4.78, 5) is 19.3. The van der Waals surface area contributed by atoms with Crippen molar-refractivity contribution in [3.8, 4) is 0 Å². The first-order valence-corrected chi connectivity index (χ1v) is 6.97. The van der Waals surface area contributed by atoms with E-state index in [2.05, 4.69) is 22.2 Å². The van der Waals surface area contributed by atoms with Crippen LogP contribution >= 0.6 is 11.6 Å². The predicted octanol–water partition coefficient (Wildman–Crippen LogP) is 2.46. The van der Waals surface area contributed by atoms with Crippen molar-refractivity contribution in [2.24, 2.45) is 5.73 Å². The highest BCUT2D eigenvalue weighted by Crippen LogP contribution is 2.20. The molecule has 19 heavy (non-hydrogen) atoms. The molecule has 1 amide bonds. The second-order valence-electron chi connectivity index (χ2n) is 4.50. The van der Waals surface area contributed by atoms with Gasteiger partial charge in [-0.05, 0) is 26.2 Å². The van der Waals surface area contributed by atoms with E-state index in [0.717, 1.165) is 49.4 Å². The fourth-order valence-electron chi connectivity index (χ4n) is 1.67. The number of nitrogens with two attached hydrogens (primary N) is 1. The molecule has 0 saturated carbocycles. The highest BCUT2D eigenvalue weighted by atomic mass is 35.5. The molecule has 106 valence electrons. The SMILES string of the molecule is CCCc1nc(Cl)c(C)c(NCCCCC(N)=O)n1. The minimum atomic E-state index is -0.258. The molecular weight excluding hydrogens is 264 g/mol. The maximum Gasteiger partial charge on any atom is 0.217 e. The Kier molecular flexibility index (Phi) is 6.56. The average molecular weight is 285 g/mol. The third-order valence-corrected chi connectivity index (χ3v) is 3.12. The Balaban J connectivity index is 2.54. The molecule has 0 fully saturated rings. The van der Waals surface area contributed by atoms with Crippen LogP contribution in [0.5, 0.6) is 0 Å². The van der Waals surface area contributed by atoms with Gasteiger partial charge >= 0.3 is 0 Å². The molecule has 3 N–H and O–H groups in total. The highest BCUT2D eigenvalue weighted by molar-refractivity contribution is 6.30. The average Bonchev–Trinajstić information content (AvgIpc) is 2.34. The lowest BCUT2D eigenvalue weighted by atomic mass is 10.2. The minimum absolute atomic E-state index is 0.258. The topological polar surface area (TPSA) is 80.9 Å². The zero-order valence-electron chi connectivity index (χ0n) is 11.5. The molecule has 0 saturated heterocycles. The van der Waals surface area contributed by atoms with Crippen molar-refractivity contribution >= 4 is 23.3 Å². The molecule has 6 heteroatoms. The number of primary amides is 1. The quantitative estimate of drug-likeness (QED) is 0.567. The van der Waals surface area contributed by atoms with E-state index < -0.39 is 0 Å². The van der Waals surface area contributed by atoms with Crippen molar-refractivity contribution < 1.29 is 4.79 Å². The summed E-state index contributed by atoms with van der Waals surface area (Å²) in [6, 6.07) is 0. The van der Waals surface area contributed by atoms with Crippen LogP contribution in [0.3, 0.4) is 0 Å². The Labute approximate surface area is 119 Å². The van der Waals surface area contributed by atoms with E-state index in [1.54, 1.807) is 0 Å². The fraction of sp³-hybridized carbons (Fsp3) is 0.615. The van der Waals surface area contributed by atoms with Gasteiger partial charge in [0.25, 0.3) is 0 Å². The zero-order chi connectivity index (χ0) is 14.3. The van der Waals surface area contributed by atoms with E-state index in [1.165, 1.54) is 0 Å². The van der Waals surface area contributed by atoms with Gasteiger partial charge in [-0.2, -0.15) is 0 Å². The number of anilines is 1. The number of aromatic nitrogens is 2. The molecule has 1 rings (SSSR count). The van der Waals surface area contributed by atoms with Gasteiger partial charge in [-0.25, -0.2) is 9.97 Å². The van der Waals surface area contributed by atoms with Crippen molar-refractivity contribution in [3.05, 3.63) is 16.5 Å². The summed E-state index contributed by atoms with van der Waals surface area (Å²) in [5.41, 5.74) is 5.94. The number of hydrogen-bond acceptors (Lipinski definition) is 4. The normalized spacial score (nSPS) is 10.5. The molecule has 0 aliphatic carbocycles. The molecule has 0 aliphatic rings. The standard InChI is InChI=1S/C13H21ClN4O/c1-3-6-11-17-12(14)9(2)13(18-11)16-8-5-4-7-10(15)19/h3-8H2,1-2H3,(H2,15,19)(H,16,17,18). The van der Waals surface area contributed by atoms with Gasteiger partial charge in [-0.1, -0.05) is 18.5 Å². The number of nitrogens with zero attached hydrogens (tertiary/aromatic N) is 2. The van der Waals surface area contributed by atoms with Gasteiger partial charge in [-0.15, -0.1) is 0 Å². The Hall–Kier alpha value is -1.36. The van der Waals surface area contributed by atoms with E-state index >= 15 is 0 Å². The number of rotatable bonds is 8. The van der Waals surface area contributed by atoms with Gasteiger partial charge in [-0.3, -0.25) is 4.79 Å². The maximum atomic E-state index is 10.6. The van der Waals surface area contributed by atoms with Crippen molar-refractivity contribution in [3.63, 3.8) is 0 Å². The van der Waals surface area contributed by atoms with E-state index in [1.807, 2.05) is 6.92 Å². The summed E-state index contributed by atoms with van der Waals surface area (Å²) in [6.07, 6.45) is 3.87. The summed E-state index contributed by atoms with van der Waals surface area (Å²) in [6.45, 7) is 4.71. The number of nitrogens with one attached hydrogen (secondary N) is 1. The van der Waals surface area contributed by atoms with Crippen LogP contribution in [0.25, 0.3) is 0 Å². The molecule has 0 spiro atoms. The fourth-order valence-corrected chi connectivity index (χ4v) is 1.86. The van der Waals surface area contributed by atoms with Gasteiger partial charge in [0, 0.05) is 24.9 Å². The first-order chi connectivity index (χ1) is 9.04. The molecule has 0 radical (unpaired) electrons. The lowest BCUT2D eigenvalue weighted by Gasteiger charge is -2.11. The summed E-state index contributed by atoms with van der Waals surface area (Å²) < 4.78 is 0. The third-order valence-electron chi connectivity index (χ3n) is 2.75. The summed E-state index contributed by atoms with van der Waals surface area (Å²) in [7, 11) is 0. The van der Waals surface area contributed by atoms with Crippen LogP contribution in [0.2, 0.25) is 5.15 Å². The number of carbonyl (C=O) groups excluding carboxylic acids is 1. The number of carbonyl (C=O) groups is 1. The second-order valence-corrected chi connectivity index (χ2v) is 4.86. The van der Waals surface area contributed by atoms with Crippen LogP contribution in [0, 0.1) is 6.92 Å². The van der Waals surface area contributed by atoms with Gasteiger partial charge in [0.05, 0.1) is 0 Å². The van der Waals surface area contributed by atoms with Crippen molar-refractivity contribution in [1.82, 2.24) is 9.97 Å². The van der Waals surface area contributed by atoms with Gasteiger partial charge in [0.1, 0.15) is 16.8 Å². The number of amides is 1. The lowest BCUT2D eigenvalue weighted by Crippen LogP contribution is -2.12. The van der Waals surface area contributed by atoms with E-state index in [9.17, 15) is 4.79 Å².